The maximum atomic E-state index is 12.9. The Hall–Kier alpha value is -3.67. The monoisotopic (exact) mass is 417 g/mol. The number of hydrogen-bond acceptors (Lipinski definition) is 3. The van der Waals surface area contributed by atoms with Crippen molar-refractivity contribution in [2.45, 2.75) is 31.3 Å². The highest BCUT2D eigenvalue weighted by Crippen LogP contribution is 2.36. The number of aliphatic carboxylic acids is 2. The lowest BCUT2D eigenvalue weighted by Gasteiger charge is -2.47. The SMILES string of the molecule is O=C(O)C(Cc1ccccc1)N1C(=O)[C@H](CCc2ccc3cccccc2-3)[C@@H]1C(=O)O. The summed E-state index contributed by atoms with van der Waals surface area (Å²) in [4.78, 5) is 37.8. The van der Waals surface area contributed by atoms with E-state index in [0.717, 1.165) is 27.2 Å². The first-order valence-electron chi connectivity index (χ1n) is 10.3. The zero-order chi connectivity index (χ0) is 22.0. The van der Waals surface area contributed by atoms with E-state index in [1.165, 1.54) is 0 Å². The summed E-state index contributed by atoms with van der Waals surface area (Å²) in [6, 6.07) is 20.5. The second kappa shape index (κ2) is 8.60. The van der Waals surface area contributed by atoms with Crippen LogP contribution in [-0.2, 0) is 27.2 Å². The summed E-state index contributed by atoms with van der Waals surface area (Å²) >= 11 is 0. The van der Waals surface area contributed by atoms with E-state index >= 15 is 0 Å². The third-order valence-corrected chi connectivity index (χ3v) is 6.00. The number of rotatable bonds is 8. The molecular weight excluding hydrogens is 394 g/mol. The van der Waals surface area contributed by atoms with Crippen molar-refractivity contribution in [3.05, 3.63) is 83.9 Å². The number of carboxylic acids is 2. The molecule has 1 aromatic rings. The minimum Gasteiger partial charge on any atom is -0.480 e. The van der Waals surface area contributed by atoms with Gasteiger partial charge in [0.05, 0.1) is 5.92 Å². The topological polar surface area (TPSA) is 94.9 Å². The van der Waals surface area contributed by atoms with Crippen LogP contribution in [0.3, 0.4) is 0 Å². The molecule has 1 fully saturated rings. The first-order chi connectivity index (χ1) is 15.0. The third kappa shape index (κ3) is 4.01. The fraction of sp³-hybridized carbons (Fsp3) is 0.240. The number of carbonyl (C=O) groups is 3. The van der Waals surface area contributed by atoms with Gasteiger partial charge in [0.2, 0.25) is 5.91 Å². The number of carboxylic acid groups (broad SMARTS) is 2. The maximum Gasteiger partial charge on any atom is 0.327 e. The predicted molar refractivity (Wildman–Crippen MR) is 115 cm³/mol. The van der Waals surface area contributed by atoms with Crippen LogP contribution in [0.25, 0.3) is 11.1 Å². The molecule has 4 rings (SSSR count). The highest BCUT2D eigenvalue weighted by molar-refractivity contribution is 5.99. The van der Waals surface area contributed by atoms with Crippen molar-refractivity contribution in [1.82, 2.24) is 4.90 Å². The Labute approximate surface area is 180 Å². The largest absolute Gasteiger partial charge is 0.480 e. The van der Waals surface area contributed by atoms with Gasteiger partial charge < -0.3 is 15.1 Å². The van der Waals surface area contributed by atoms with Gasteiger partial charge in [-0.05, 0) is 35.1 Å². The second-order valence-electron chi connectivity index (χ2n) is 7.86. The van der Waals surface area contributed by atoms with Crippen LogP contribution in [0, 0.1) is 5.92 Å². The quantitative estimate of drug-likeness (QED) is 0.548. The van der Waals surface area contributed by atoms with E-state index < -0.39 is 35.8 Å². The second-order valence-corrected chi connectivity index (χ2v) is 7.86. The van der Waals surface area contributed by atoms with Gasteiger partial charge in [0.15, 0.2) is 0 Å². The van der Waals surface area contributed by atoms with Gasteiger partial charge in [0.25, 0.3) is 0 Å². The number of benzene rings is 1. The van der Waals surface area contributed by atoms with Gasteiger partial charge in [-0.25, -0.2) is 9.59 Å². The van der Waals surface area contributed by atoms with Crippen molar-refractivity contribution in [2.75, 3.05) is 0 Å². The minimum absolute atomic E-state index is 0.0718. The van der Waals surface area contributed by atoms with E-state index in [2.05, 4.69) is 0 Å². The molecule has 3 aliphatic rings. The number of aryl methyl sites for hydroxylation is 1. The van der Waals surface area contributed by atoms with Crippen molar-refractivity contribution >= 4 is 17.8 Å². The number of likely N-dealkylation sites (tertiary alicyclic amines) is 1. The number of hydrogen-bond donors (Lipinski definition) is 2. The highest BCUT2D eigenvalue weighted by Gasteiger charge is 2.55. The molecule has 1 aromatic carbocycles. The average molecular weight is 417 g/mol. The molecule has 1 heterocycles. The zero-order valence-electron chi connectivity index (χ0n) is 16.8. The lowest BCUT2D eigenvalue weighted by molar-refractivity contribution is -0.180. The summed E-state index contributed by atoms with van der Waals surface area (Å²) in [5.41, 5.74) is 3.96. The van der Waals surface area contributed by atoms with Gasteiger partial charge in [0, 0.05) is 6.42 Å². The molecule has 1 unspecified atom stereocenters. The van der Waals surface area contributed by atoms with Gasteiger partial charge >= 0.3 is 11.9 Å². The minimum atomic E-state index is -1.20. The highest BCUT2D eigenvalue weighted by atomic mass is 16.4. The molecule has 2 aliphatic carbocycles. The van der Waals surface area contributed by atoms with Crippen LogP contribution >= 0.6 is 0 Å². The van der Waals surface area contributed by atoms with Crippen LogP contribution in [0.1, 0.15) is 17.5 Å². The number of β-lactam (4-membered cyclic amide) rings is 1. The van der Waals surface area contributed by atoms with Crippen LogP contribution in [0.5, 0.6) is 0 Å². The molecule has 0 radical (unpaired) electrons. The van der Waals surface area contributed by atoms with E-state index in [-0.39, 0.29) is 6.42 Å². The molecule has 0 bridgehead atoms. The summed E-state index contributed by atoms with van der Waals surface area (Å²) in [6.45, 7) is 0. The van der Waals surface area contributed by atoms with Crippen molar-refractivity contribution in [3.63, 3.8) is 0 Å². The van der Waals surface area contributed by atoms with Crippen molar-refractivity contribution in [2.24, 2.45) is 5.92 Å². The number of amides is 1. The third-order valence-electron chi connectivity index (χ3n) is 6.00. The van der Waals surface area contributed by atoms with Crippen LogP contribution in [0.15, 0.2) is 72.8 Å². The number of nitrogens with zero attached hydrogens (tertiary/aromatic N) is 1. The van der Waals surface area contributed by atoms with Gasteiger partial charge in [0.1, 0.15) is 12.1 Å². The standard InChI is InChI=1S/C25H23NO5/c27-23-20(14-13-18-12-11-17-9-5-2-6-10-19(17)18)22(25(30)31)26(23)21(24(28)29)15-16-7-3-1-4-8-16/h1-12,20-22H,13-15H2,(H,28,29)(H,30,31)/t20-,21?,22-/m1/s1. The predicted octanol–water partition coefficient (Wildman–Crippen LogP) is 3.33. The van der Waals surface area contributed by atoms with Gasteiger partial charge in [-0.1, -0.05) is 72.8 Å². The summed E-state index contributed by atoms with van der Waals surface area (Å²) in [7, 11) is 0. The van der Waals surface area contributed by atoms with E-state index in [1.807, 2.05) is 48.5 Å². The Bertz CT molecular complexity index is 1080. The first kappa shape index (κ1) is 20.6. The van der Waals surface area contributed by atoms with Crippen LogP contribution in [0.2, 0.25) is 0 Å². The molecule has 0 spiro atoms. The Kier molecular flexibility index (Phi) is 5.71. The van der Waals surface area contributed by atoms with E-state index in [0.29, 0.717) is 12.8 Å². The molecule has 2 N–H and O–H groups in total. The first-order valence-corrected chi connectivity index (χ1v) is 10.3. The van der Waals surface area contributed by atoms with Crippen molar-refractivity contribution in [3.8, 4) is 11.1 Å². The van der Waals surface area contributed by atoms with Crippen LogP contribution in [0.4, 0.5) is 0 Å². The molecular formula is C25H23NO5. The molecule has 3 atom stereocenters. The fourth-order valence-electron chi connectivity index (χ4n) is 4.45. The number of fused-ring (bicyclic) bond motifs is 1. The van der Waals surface area contributed by atoms with E-state index in [4.69, 9.17) is 0 Å². The van der Waals surface area contributed by atoms with Gasteiger partial charge in [-0.2, -0.15) is 0 Å². The number of carbonyl (C=O) groups excluding carboxylic acids is 1. The molecule has 158 valence electrons. The van der Waals surface area contributed by atoms with Crippen molar-refractivity contribution in [1.29, 1.82) is 0 Å². The fourth-order valence-corrected chi connectivity index (χ4v) is 4.45. The Morgan fingerprint density at radius 2 is 1.58 bits per heavy atom. The lowest BCUT2D eigenvalue weighted by atomic mass is 9.80. The van der Waals surface area contributed by atoms with Crippen LogP contribution < -0.4 is 0 Å². The smallest absolute Gasteiger partial charge is 0.327 e. The van der Waals surface area contributed by atoms with E-state index in [1.54, 1.807) is 24.3 Å². The zero-order valence-corrected chi connectivity index (χ0v) is 16.8. The van der Waals surface area contributed by atoms with Gasteiger partial charge in [-0.15, -0.1) is 0 Å². The normalized spacial score (nSPS) is 19.1. The molecule has 0 saturated carbocycles. The van der Waals surface area contributed by atoms with E-state index in [9.17, 15) is 24.6 Å². The Morgan fingerprint density at radius 3 is 2.26 bits per heavy atom. The van der Waals surface area contributed by atoms with Crippen molar-refractivity contribution < 1.29 is 24.6 Å². The molecule has 6 nitrogen and oxygen atoms in total. The molecule has 1 saturated heterocycles. The Morgan fingerprint density at radius 1 is 0.903 bits per heavy atom. The Balaban J connectivity index is 1.50. The average Bonchev–Trinajstić information content (AvgIpc) is 2.97. The molecule has 0 aromatic heterocycles. The summed E-state index contributed by atoms with van der Waals surface area (Å²) in [6.07, 6.45) is 0.988. The molecule has 1 aliphatic heterocycles. The summed E-state index contributed by atoms with van der Waals surface area (Å²) in [5, 5.41) is 19.5. The van der Waals surface area contributed by atoms with Gasteiger partial charge in [-0.3, -0.25) is 4.79 Å². The molecule has 6 heteroatoms. The van der Waals surface area contributed by atoms with Crippen LogP contribution in [-0.4, -0.2) is 45.0 Å². The summed E-state index contributed by atoms with van der Waals surface area (Å²) < 4.78 is 0. The lowest BCUT2D eigenvalue weighted by Crippen LogP contribution is -2.69. The summed E-state index contributed by atoms with van der Waals surface area (Å²) in [5.74, 6) is -3.49. The maximum absolute atomic E-state index is 12.9. The molecule has 31 heavy (non-hydrogen) atoms. The molecule has 1 amide bonds.